The van der Waals surface area contributed by atoms with Gasteiger partial charge in [0.1, 0.15) is 17.7 Å². The number of carbonyl (C=O) groups is 1. The number of hydrogen-bond acceptors (Lipinski definition) is 4. The quantitative estimate of drug-likeness (QED) is 0.900. The van der Waals surface area contributed by atoms with E-state index in [4.69, 9.17) is 4.74 Å². The third-order valence-electron chi connectivity index (χ3n) is 3.63. The molecule has 1 N–H and O–H groups in total. The molecular weight excluding hydrogens is 334 g/mol. The van der Waals surface area contributed by atoms with Gasteiger partial charge >= 0.3 is 0 Å². The van der Waals surface area contributed by atoms with E-state index in [1.165, 1.54) is 12.3 Å². The molecule has 7 heteroatoms. The number of nitrogens with one attached hydrogen (secondary N) is 1. The molecule has 1 unspecified atom stereocenters. The molecule has 0 saturated carbocycles. The lowest BCUT2D eigenvalue weighted by molar-refractivity contribution is 0.0949. The predicted molar refractivity (Wildman–Crippen MR) is 88.1 cm³/mol. The van der Waals surface area contributed by atoms with Crippen LogP contribution in [0, 0.1) is 11.6 Å². The molecule has 1 aromatic carbocycles. The molecule has 0 aliphatic carbocycles. The van der Waals surface area contributed by atoms with Crippen LogP contribution in [0.25, 0.3) is 0 Å². The van der Waals surface area contributed by atoms with E-state index in [0.29, 0.717) is 11.4 Å². The largest absolute Gasteiger partial charge is 0.473 e. The van der Waals surface area contributed by atoms with Crippen molar-refractivity contribution in [2.24, 2.45) is 0 Å². The zero-order valence-electron chi connectivity index (χ0n) is 12.8. The summed E-state index contributed by atoms with van der Waals surface area (Å²) in [5.74, 6) is 0.682. The van der Waals surface area contributed by atoms with Gasteiger partial charge in [0.2, 0.25) is 5.88 Å². The van der Waals surface area contributed by atoms with Gasteiger partial charge < -0.3 is 10.1 Å². The smallest absolute Gasteiger partial charge is 0.251 e. The first-order chi connectivity index (χ1) is 11.6. The highest BCUT2D eigenvalue weighted by atomic mass is 32.2. The molecule has 1 saturated heterocycles. The second-order valence-electron chi connectivity index (χ2n) is 5.40. The summed E-state index contributed by atoms with van der Waals surface area (Å²) in [6, 6.07) is 6.39. The molecule has 0 bridgehead atoms. The van der Waals surface area contributed by atoms with Crippen molar-refractivity contribution in [1.82, 2.24) is 10.3 Å². The van der Waals surface area contributed by atoms with E-state index in [9.17, 15) is 13.6 Å². The maximum absolute atomic E-state index is 13.6. The third-order valence-corrected chi connectivity index (χ3v) is 4.76. The van der Waals surface area contributed by atoms with Gasteiger partial charge in [-0.1, -0.05) is 6.07 Å². The maximum Gasteiger partial charge on any atom is 0.251 e. The first-order valence-electron chi connectivity index (χ1n) is 7.54. The summed E-state index contributed by atoms with van der Waals surface area (Å²) in [5.41, 5.74) is 0.603. The van der Waals surface area contributed by atoms with Gasteiger partial charge in [0, 0.05) is 41.8 Å². The second-order valence-corrected chi connectivity index (χ2v) is 6.55. The van der Waals surface area contributed by atoms with Gasteiger partial charge in [0.25, 0.3) is 5.91 Å². The Morgan fingerprint density at radius 3 is 2.96 bits per heavy atom. The van der Waals surface area contributed by atoms with Crippen molar-refractivity contribution in [2.75, 3.05) is 11.5 Å². The van der Waals surface area contributed by atoms with Crippen LogP contribution in [0.4, 0.5) is 8.78 Å². The van der Waals surface area contributed by atoms with Crippen LogP contribution in [0.2, 0.25) is 0 Å². The Balaban J connectivity index is 1.62. The number of hydrogen-bond donors (Lipinski definition) is 1. The van der Waals surface area contributed by atoms with Crippen molar-refractivity contribution in [3.8, 4) is 5.88 Å². The third kappa shape index (κ3) is 4.23. The summed E-state index contributed by atoms with van der Waals surface area (Å²) < 4.78 is 32.2. The molecule has 1 aliphatic heterocycles. The molecule has 4 nitrogen and oxygen atoms in total. The Hall–Kier alpha value is -2.15. The van der Waals surface area contributed by atoms with E-state index in [2.05, 4.69) is 10.3 Å². The Labute approximate surface area is 142 Å². The Morgan fingerprint density at radius 2 is 2.21 bits per heavy atom. The molecule has 1 atom stereocenters. The van der Waals surface area contributed by atoms with E-state index < -0.39 is 11.6 Å². The van der Waals surface area contributed by atoms with E-state index in [-0.39, 0.29) is 24.1 Å². The van der Waals surface area contributed by atoms with Crippen LogP contribution in [0.1, 0.15) is 22.3 Å². The van der Waals surface area contributed by atoms with E-state index in [1.54, 1.807) is 12.1 Å². The molecule has 1 aliphatic rings. The van der Waals surface area contributed by atoms with Crippen molar-refractivity contribution >= 4 is 17.7 Å². The van der Waals surface area contributed by atoms with Gasteiger partial charge in [-0.3, -0.25) is 4.79 Å². The fraction of sp³-hybridized carbons (Fsp3) is 0.294. The van der Waals surface area contributed by atoms with Crippen molar-refractivity contribution in [3.05, 3.63) is 59.3 Å². The van der Waals surface area contributed by atoms with Crippen molar-refractivity contribution in [2.45, 2.75) is 19.1 Å². The fourth-order valence-corrected chi connectivity index (χ4v) is 3.43. The van der Waals surface area contributed by atoms with Gasteiger partial charge in [0.05, 0.1) is 0 Å². The minimum Gasteiger partial charge on any atom is -0.473 e. The molecule has 2 aromatic rings. The van der Waals surface area contributed by atoms with Crippen LogP contribution in [0.3, 0.4) is 0 Å². The fourth-order valence-electron chi connectivity index (χ4n) is 2.33. The Kier molecular flexibility index (Phi) is 5.30. The number of rotatable bonds is 5. The Bertz CT molecular complexity index is 736. The maximum atomic E-state index is 13.6. The van der Waals surface area contributed by atoms with Gasteiger partial charge in [-0.2, -0.15) is 11.8 Å². The highest BCUT2D eigenvalue weighted by Gasteiger charge is 2.18. The van der Waals surface area contributed by atoms with E-state index in [1.807, 2.05) is 11.8 Å². The van der Waals surface area contributed by atoms with Crippen LogP contribution < -0.4 is 10.1 Å². The molecule has 2 heterocycles. The summed E-state index contributed by atoms with van der Waals surface area (Å²) in [6.07, 6.45) is 2.59. The number of ether oxygens (including phenoxy) is 1. The summed E-state index contributed by atoms with van der Waals surface area (Å²) in [5, 5.41) is 2.61. The zero-order valence-corrected chi connectivity index (χ0v) is 13.6. The SMILES string of the molecule is O=C(NCc1ccc(F)cc1F)c1ccnc(OC2CCSC2)c1. The average Bonchev–Trinajstić information content (AvgIpc) is 3.07. The predicted octanol–water partition coefficient (Wildman–Crippen LogP) is 3.17. The summed E-state index contributed by atoms with van der Waals surface area (Å²) in [4.78, 5) is 16.3. The van der Waals surface area contributed by atoms with Gasteiger partial charge in [0.15, 0.2) is 0 Å². The number of nitrogens with zero attached hydrogens (tertiary/aromatic N) is 1. The van der Waals surface area contributed by atoms with Gasteiger partial charge in [-0.05, 0) is 24.3 Å². The summed E-state index contributed by atoms with van der Waals surface area (Å²) in [6.45, 7) is -0.0251. The molecule has 126 valence electrons. The summed E-state index contributed by atoms with van der Waals surface area (Å²) in [7, 11) is 0. The number of pyridine rings is 1. The highest BCUT2D eigenvalue weighted by Crippen LogP contribution is 2.22. The Morgan fingerprint density at radius 1 is 1.33 bits per heavy atom. The molecule has 0 spiro atoms. The van der Waals surface area contributed by atoms with E-state index in [0.717, 1.165) is 30.1 Å². The normalized spacial score (nSPS) is 16.8. The van der Waals surface area contributed by atoms with Gasteiger partial charge in [-0.15, -0.1) is 0 Å². The monoisotopic (exact) mass is 350 g/mol. The zero-order chi connectivity index (χ0) is 16.9. The standard InChI is InChI=1S/C17H16F2N2O2S/c18-13-2-1-12(15(19)8-13)9-21-17(22)11-3-5-20-16(7-11)23-14-4-6-24-10-14/h1-3,5,7-8,14H,4,6,9-10H2,(H,21,22). The van der Waals surface area contributed by atoms with Crippen molar-refractivity contribution < 1.29 is 18.3 Å². The van der Waals surface area contributed by atoms with Crippen LogP contribution in [-0.4, -0.2) is 28.5 Å². The number of amides is 1. The lowest BCUT2D eigenvalue weighted by Crippen LogP contribution is -2.23. The van der Waals surface area contributed by atoms with Crippen LogP contribution >= 0.6 is 11.8 Å². The minimum absolute atomic E-state index is 0.0251. The van der Waals surface area contributed by atoms with Crippen LogP contribution in [-0.2, 0) is 6.54 Å². The number of benzene rings is 1. The lowest BCUT2D eigenvalue weighted by atomic mass is 10.2. The molecule has 3 rings (SSSR count). The second kappa shape index (κ2) is 7.61. The first-order valence-corrected chi connectivity index (χ1v) is 8.70. The molecule has 1 fully saturated rings. The molecular formula is C17H16F2N2O2S. The van der Waals surface area contributed by atoms with Crippen LogP contribution in [0.15, 0.2) is 36.5 Å². The molecule has 0 radical (unpaired) electrons. The topological polar surface area (TPSA) is 51.2 Å². The average molecular weight is 350 g/mol. The number of aromatic nitrogens is 1. The molecule has 1 aromatic heterocycles. The van der Waals surface area contributed by atoms with Crippen molar-refractivity contribution in [1.29, 1.82) is 0 Å². The minimum atomic E-state index is -0.687. The highest BCUT2D eigenvalue weighted by molar-refractivity contribution is 7.99. The number of halogens is 2. The van der Waals surface area contributed by atoms with Crippen LogP contribution in [0.5, 0.6) is 5.88 Å². The summed E-state index contributed by atoms with van der Waals surface area (Å²) >= 11 is 1.83. The number of carbonyl (C=O) groups excluding carboxylic acids is 1. The van der Waals surface area contributed by atoms with Crippen molar-refractivity contribution in [3.63, 3.8) is 0 Å². The molecule has 24 heavy (non-hydrogen) atoms. The van der Waals surface area contributed by atoms with E-state index >= 15 is 0 Å². The first kappa shape index (κ1) is 16.7. The molecule has 1 amide bonds. The number of thioether (sulfide) groups is 1. The lowest BCUT2D eigenvalue weighted by Gasteiger charge is -2.12. The van der Waals surface area contributed by atoms with Gasteiger partial charge in [-0.25, -0.2) is 13.8 Å².